The minimum atomic E-state index is -0.0719. The Bertz CT molecular complexity index is 936. The lowest BCUT2D eigenvalue weighted by Gasteiger charge is -2.11. The van der Waals surface area contributed by atoms with Gasteiger partial charge in [-0.25, -0.2) is 9.97 Å². The molecular weight excluding hydrogens is 334 g/mol. The molecule has 0 aliphatic heterocycles. The summed E-state index contributed by atoms with van der Waals surface area (Å²) in [4.78, 5) is 21.7. The molecule has 1 heterocycles. The van der Waals surface area contributed by atoms with E-state index in [0.29, 0.717) is 12.2 Å². The SMILES string of the molecule is CCCc1nc(-c2ccccc2)cnc1NC(=O)Cc1ccc(C)c(C)c1. The average Bonchev–Trinajstić information content (AvgIpc) is 2.67. The molecule has 3 rings (SSSR count). The molecule has 3 aromatic rings. The van der Waals surface area contributed by atoms with Crippen LogP contribution in [0.15, 0.2) is 54.7 Å². The van der Waals surface area contributed by atoms with Crippen molar-refractivity contribution in [2.45, 2.75) is 40.0 Å². The van der Waals surface area contributed by atoms with Gasteiger partial charge in [0.25, 0.3) is 0 Å². The predicted molar refractivity (Wildman–Crippen MR) is 110 cm³/mol. The summed E-state index contributed by atoms with van der Waals surface area (Å²) in [5.74, 6) is 0.489. The van der Waals surface area contributed by atoms with E-state index in [1.165, 1.54) is 11.1 Å². The molecule has 0 saturated carbocycles. The lowest BCUT2D eigenvalue weighted by molar-refractivity contribution is -0.115. The number of anilines is 1. The number of carbonyl (C=O) groups is 1. The van der Waals surface area contributed by atoms with Gasteiger partial charge in [0, 0.05) is 5.56 Å². The molecule has 0 radical (unpaired) electrons. The first kappa shape index (κ1) is 18.8. The average molecular weight is 359 g/mol. The Balaban J connectivity index is 1.78. The van der Waals surface area contributed by atoms with E-state index < -0.39 is 0 Å². The minimum Gasteiger partial charge on any atom is -0.309 e. The second kappa shape index (κ2) is 8.58. The van der Waals surface area contributed by atoms with E-state index in [2.05, 4.69) is 43.2 Å². The van der Waals surface area contributed by atoms with E-state index in [1.807, 2.05) is 36.4 Å². The number of aryl methyl sites for hydroxylation is 3. The molecule has 0 spiro atoms. The molecule has 0 fully saturated rings. The highest BCUT2D eigenvalue weighted by atomic mass is 16.1. The second-order valence-electron chi connectivity index (χ2n) is 6.81. The molecule has 4 nitrogen and oxygen atoms in total. The van der Waals surface area contributed by atoms with Crippen molar-refractivity contribution in [2.24, 2.45) is 0 Å². The molecule has 27 heavy (non-hydrogen) atoms. The fraction of sp³-hybridized carbons (Fsp3) is 0.261. The van der Waals surface area contributed by atoms with Crippen LogP contribution in [0.2, 0.25) is 0 Å². The third-order valence-electron chi connectivity index (χ3n) is 4.59. The summed E-state index contributed by atoms with van der Waals surface area (Å²) in [5.41, 5.74) is 6.10. The molecule has 1 aromatic heterocycles. The summed E-state index contributed by atoms with van der Waals surface area (Å²) >= 11 is 0. The Morgan fingerprint density at radius 3 is 2.52 bits per heavy atom. The van der Waals surface area contributed by atoms with Gasteiger partial charge in [0.1, 0.15) is 0 Å². The van der Waals surface area contributed by atoms with Crippen LogP contribution < -0.4 is 5.32 Å². The summed E-state index contributed by atoms with van der Waals surface area (Å²) in [6, 6.07) is 16.1. The van der Waals surface area contributed by atoms with Gasteiger partial charge in [-0.15, -0.1) is 0 Å². The molecule has 4 heteroatoms. The maximum atomic E-state index is 12.5. The van der Waals surface area contributed by atoms with Crippen LogP contribution in [0.25, 0.3) is 11.3 Å². The number of carbonyl (C=O) groups excluding carboxylic acids is 1. The first-order valence-corrected chi connectivity index (χ1v) is 9.34. The van der Waals surface area contributed by atoms with Gasteiger partial charge in [-0.2, -0.15) is 0 Å². The molecule has 1 N–H and O–H groups in total. The van der Waals surface area contributed by atoms with Crippen LogP contribution >= 0.6 is 0 Å². The normalized spacial score (nSPS) is 10.6. The summed E-state index contributed by atoms with van der Waals surface area (Å²) < 4.78 is 0. The van der Waals surface area contributed by atoms with Gasteiger partial charge in [-0.3, -0.25) is 4.79 Å². The minimum absolute atomic E-state index is 0.0719. The number of amides is 1. The van der Waals surface area contributed by atoms with Crippen LogP contribution in [0.5, 0.6) is 0 Å². The van der Waals surface area contributed by atoms with Crippen LogP contribution in [0.4, 0.5) is 5.82 Å². The van der Waals surface area contributed by atoms with Crippen molar-refractivity contribution in [3.05, 3.63) is 77.1 Å². The molecule has 0 aliphatic rings. The molecule has 2 aromatic carbocycles. The first-order chi connectivity index (χ1) is 13.1. The van der Waals surface area contributed by atoms with Gasteiger partial charge in [0.15, 0.2) is 5.82 Å². The van der Waals surface area contributed by atoms with E-state index in [9.17, 15) is 4.79 Å². The summed E-state index contributed by atoms with van der Waals surface area (Å²) in [6.07, 6.45) is 3.76. The van der Waals surface area contributed by atoms with Crippen LogP contribution in [0.3, 0.4) is 0 Å². The Labute approximate surface area is 160 Å². The highest BCUT2D eigenvalue weighted by molar-refractivity contribution is 5.92. The molecule has 0 bridgehead atoms. The van der Waals surface area contributed by atoms with E-state index in [4.69, 9.17) is 4.98 Å². The van der Waals surface area contributed by atoms with Gasteiger partial charge < -0.3 is 5.32 Å². The van der Waals surface area contributed by atoms with E-state index in [-0.39, 0.29) is 5.91 Å². The van der Waals surface area contributed by atoms with Gasteiger partial charge >= 0.3 is 0 Å². The molecule has 0 atom stereocenters. The lowest BCUT2D eigenvalue weighted by Crippen LogP contribution is -2.17. The topological polar surface area (TPSA) is 54.9 Å². The van der Waals surface area contributed by atoms with Crippen molar-refractivity contribution >= 4 is 11.7 Å². The number of hydrogen-bond donors (Lipinski definition) is 1. The Morgan fingerprint density at radius 2 is 1.81 bits per heavy atom. The summed E-state index contributed by atoms with van der Waals surface area (Å²) in [7, 11) is 0. The molecule has 0 aliphatic carbocycles. The monoisotopic (exact) mass is 359 g/mol. The fourth-order valence-electron chi connectivity index (χ4n) is 2.97. The van der Waals surface area contributed by atoms with Gasteiger partial charge in [-0.05, 0) is 37.0 Å². The van der Waals surface area contributed by atoms with Gasteiger partial charge in [0.05, 0.1) is 24.0 Å². The molecular formula is C23H25N3O. The number of hydrogen-bond acceptors (Lipinski definition) is 3. The summed E-state index contributed by atoms with van der Waals surface area (Å²) in [6.45, 7) is 6.22. The molecule has 138 valence electrons. The largest absolute Gasteiger partial charge is 0.309 e. The van der Waals surface area contributed by atoms with E-state index >= 15 is 0 Å². The first-order valence-electron chi connectivity index (χ1n) is 9.34. The number of nitrogens with one attached hydrogen (secondary N) is 1. The van der Waals surface area contributed by atoms with Crippen molar-refractivity contribution in [1.29, 1.82) is 0 Å². The number of benzene rings is 2. The predicted octanol–water partition coefficient (Wildman–Crippen LogP) is 4.89. The zero-order chi connectivity index (χ0) is 19.2. The fourth-order valence-corrected chi connectivity index (χ4v) is 2.97. The zero-order valence-corrected chi connectivity index (χ0v) is 16.1. The molecule has 0 saturated heterocycles. The molecule has 1 amide bonds. The van der Waals surface area contributed by atoms with Crippen LogP contribution in [-0.4, -0.2) is 15.9 Å². The Hall–Kier alpha value is -3.01. The highest BCUT2D eigenvalue weighted by Gasteiger charge is 2.12. The van der Waals surface area contributed by atoms with Crippen molar-refractivity contribution in [1.82, 2.24) is 9.97 Å². The standard InChI is InChI=1S/C23H25N3O/c1-4-8-20-23(24-15-21(25-20)19-9-6-5-7-10-19)26-22(27)14-18-12-11-16(2)17(3)13-18/h5-7,9-13,15H,4,8,14H2,1-3H3,(H,24,26,27). The van der Waals surface area contributed by atoms with Crippen molar-refractivity contribution in [2.75, 3.05) is 5.32 Å². The highest BCUT2D eigenvalue weighted by Crippen LogP contribution is 2.20. The third kappa shape index (κ3) is 4.79. The zero-order valence-electron chi connectivity index (χ0n) is 16.1. The van der Waals surface area contributed by atoms with Gasteiger partial charge in [0.2, 0.25) is 5.91 Å². The number of rotatable bonds is 6. The van der Waals surface area contributed by atoms with Gasteiger partial charge in [-0.1, -0.05) is 61.9 Å². The maximum Gasteiger partial charge on any atom is 0.229 e. The number of aromatic nitrogens is 2. The van der Waals surface area contributed by atoms with E-state index in [0.717, 1.165) is 35.4 Å². The Kier molecular flexibility index (Phi) is 5.97. The maximum absolute atomic E-state index is 12.5. The lowest BCUT2D eigenvalue weighted by atomic mass is 10.0. The summed E-state index contributed by atoms with van der Waals surface area (Å²) in [5, 5.41) is 2.94. The van der Waals surface area contributed by atoms with Crippen LogP contribution in [0.1, 0.15) is 35.7 Å². The Morgan fingerprint density at radius 1 is 1.04 bits per heavy atom. The quantitative estimate of drug-likeness (QED) is 0.681. The van der Waals surface area contributed by atoms with Crippen LogP contribution in [0, 0.1) is 13.8 Å². The third-order valence-corrected chi connectivity index (χ3v) is 4.59. The van der Waals surface area contributed by atoms with E-state index in [1.54, 1.807) is 6.20 Å². The van der Waals surface area contributed by atoms with Crippen molar-refractivity contribution in [3.63, 3.8) is 0 Å². The van der Waals surface area contributed by atoms with Crippen LogP contribution in [-0.2, 0) is 17.6 Å². The second-order valence-corrected chi connectivity index (χ2v) is 6.81. The number of nitrogens with zero attached hydrogens (tertiary/aromatic N) is 2. The molecule has 0 unspecified atom stereocenters. The van der Waals surface area contributed by atoms with Crippen molar-refractivity contribution in [3.8, 4) is 11.3 Å². The smallest absolute Gasteiger partial charge is 0.229 e. The van der Waals surface area contributed by atoms with Crippen molar-refractivity contribution < 1.29 is 4.79 Å².